The second kappa shape index (κ2) is 16.8. The average Bonchev–Trinajstić information content (AvgIpc) is 3.28. The van der Waals surface area contributed by atoms with E-state index in [9.17, 15) is 36.7 Å². The molecule has 0 spiro atoms. The first-order valence-corrected chi connectivity index (χ1v) is 12.5. The van der Waals surface area contributed by atoms with Gasteiger partial charge < -0.3 is 25.1 Å². The van der Waals surface area contributed by atoms with Gasteiger partial charge in [-0.05, 0) is 36.4 Å². The van der Waals surface area contributed by atoms with E-state index >= 15 is 0 Å². The number of esters is 2. The zero-order valence-electron chi connectivity index (χ0n) is 22.5. The van der Waals surface area contributed by atoms with Gasteiger partial charge >= 0.3 is 31.1 Å². The number of anilines is 1. The van der Waals surface area contributed by atoms with Gasteiger partial charge in [0.05, 0.1) is 22.4 Å². The number of alkyl halides is 4. The van der Waals surface area contributed by atoms with Gasteiger partial charge in [-0.3, -0.25) is 4.79 Å². The minimum Gasteiger partial charge on any atom is -0.478 e. The Labute approximate surface area is 254 Å². The van der Waals surface area contributed by atoms with Crippen LogP contribution in [0.15, 0.2) is 97.1 Å². The molecular weight excluding hydrogens is 602 g/mol. The van der Waals surface area contributed by atoms with Crippen LogP contribution in [-0.4, -0.2) is 42.0 Å². The van der Waals surface area contributed by atoms with Gasteiger partial charge in [0.15, 0.2) is 5.78 Å². The summed E-state index contributed by atoms with van der Waals surface area (Å²) in [4.78, 5) is 45.1. The van der Waals surface area contributed by atoms with Gasteiger partial charge in [-0.15, -0.1) is 0 Å². The van der Waals surface area contributed by atoms with Crippen LogP contribution >= 0.6 is 0 Å². The molecule has 0 unspecified atom stereocenters. The van der Waals surface area contributed by atoms with E-state index in [1.165, 1.54) is 48.5 Å². The van der Waals surface area contributed by atoms with Gasteiger partial charge in [-0.25, -0.2) is 14.4 Å². The number of carboxylic acids is 1. The van der Waals surface area contributed by atoms with Crippen molar-refractivity contribution in [1.29, 1.82) is 0 Å². The molecule has 0 atom stereocenters. The van der Waals surface area contributed by atoms with Crippen molar-refractivity contribution in [2.45, 2.75) is 27.1 Å². The van der Waals surface area contributed by atoms with Crippen molar-refractivity contribution in [2.24, 2.45) is 0 Å². The van der Waals surface area contributed by atoms with E-state index in [4.69, 9.17) is 10.8 Å². The van der Waals surface area contributed by atoms with Crippen LogP contribution in [0, 0.1) is 0 Å². The Morgan fingerprint density at radius 3 is 1.67 bits per heavy atom. The van der Waals surface area contributed by atoms with Gasteiger partial charge in [-0.2, -0.15) is 17.6 Å². The summed E-state index contributed by atoms with van der Waals surface area (Å²) < 4.78 is 60.7. The van der Waals surface area contributed by atoms with Crippen molar-refractivity contribution in [1.82, 2.24) is 0 Å². The summed E-state index contributed by atoms with van der Waals surface area (Å²) in [6.07, 6.45) is -0.229. The van der Waals surface area contributed by atoms with Crippen molar-refractivity contribution in [2.75, 3.05) is 5.73 Å². The Hall–Kier alpha value is -5.72. The number of hydrogen-bond acceptors (Lipinski definition) is 8. The molecule has 0 amide bonds. The first-order chi connectivity index (χ1) is 21.0. The minimum atomic E-state index is -3.00. The fourth-order valence-corrected chi connectivity index (χ4v) is 3.76. The highest BCUT2D eigenvalue weighted by molar-refractivity contribution is 6.14. The average molecular weight is 630 g/mol. The Bertz CT molecular complexity index is 1610. The molecule has 4 aromatic carbocycles. The lowest BCUT2D eigenvalue weighted by atomic mass is 9.98. The Balaban J connectivity index is 0.000000257. The number of para-hydroxylation sites is 3. The van der Waals surface area contributed by atoms with E-state index in [-0.39, 0.29) is 47.7 Å². The number of hydrogen-bond donors (Lipinski definition) is 2. The number of cyclic esters (lactones) is 2. The van der Waals surface area contributed by atoms with E-state index in [0.717, 1.165) is 0 Å². The highest BCUT2D eigenvalue weighted by Crippen LogP contribution is 2.23. The Morgan fingerprint density at radius 1 is 0.689 bits per heavy atom. The number of carbonyl (C=O) groups is 4. The maximum Gasteiger partial charge on any atom is 0.387 e. The quantitative estimate of drug-likeness (QED) is 0.0699. The number of fused-ring (bicyclic) bond motifs is 1. The van der Waals surface area contributed by atoms with Gasteiger partial charge in [0.1, 0.15) is 11.5 Å². The highest BCUT2D eigenvalue weighted by atomic mass is 19.3. The van der Waals surface area contributed by atoms with Crippen molar-refractivity contribution < 1.29 is 56.1 Å². The SMILES string of the molecule is C.Nc1ccccc1OC(F)F.O=C(O)c1ccccc1C(=O)Cc1ccccc1OC(F)F.O=C1OC(=O)c2ccccc21. The first-order valence-electron chi connectivity index (χ1n) is 12.5. The Morgan fingerprint density at radius 2 is 1.13 bits per heavy atom. The number of carbonyl (C=O) groups excluding carboxylic acids is 3. The zero-order valence-corrected chi connectivity index (χ0v) is 22.5. The topological polar surface area (TPSA) is 142 Å². The summed E-state index contributed by atoms with van der Waals surface area (Å²) in [6.45, 7) is -5.82. The van der Waals surface area contributed by atoms with E-state index in [1.807, 2.05) is 0 Å². The monoisotopic (exact) mass is 629 g/mol. The van der Waals surface area contributed by atoms with Crippen LogP contribution in [0.4, 0.5) is 23.2 Å². The third-order valence-electron chi connectivity index (χ3n) is 5.68. The predicted molar refractivity (Wildman–Crippen MR) is 155 cm³/mol. The molecule has 236 valence electrons. The number of ether oxygens (including phenoxy) is 3. The molecule has 0 fully saturated rings. The maximum absolute atomic E-state index is 12.3. The predicted octanol–water partition coefficient (Wildman–Crippen LogP) is 6.92. The summed E-state index contributed by atoms with van der Waals surface area (Å²) in [6, 6.07) is 24.3. The molecule has 1 aliphatic rings. The number of ketones is 1. The highest BCUT2D eigenvalue weighted by Gasteiger charge is 2.28. The van der Waals surface area contributed by atoms with Crippen LogP contribution in [-0.2, 0) is 11.2 Å². The summed E-state index contributed by atoms with van der Waals surface area (Å²) in [7, 11) is 0. The molecule has 4 aromatic rings. The lowest BCUT2D eigenvalue weighted by molar-refractivity contribution is -0.0507. The molecule has 13 heteroatoms. The Kier molecular flexibility index (Phi) is 13.2. The summed E-state index contributed by atoms with van der Waals surface area (Å²) >= 11 is 0. The fraction of sp³-hybridized carbons (Fsp3) is 0.125. The molecule has 0 saturated heterocycles. The molecule has 0 bridgehead atoms. The molecule has 3 N–H and O–H groups in total. The smallest absolute Gasteiger partial charge is 0.387 e. The summed E-state index contributed by atoms with van der Waals surface area (Å²) in [5.74, 6) is -2.89. The van der Waals surface area contributed by atoms with Crippen LogP contribution < -0.4 is 15.2 Å². The van der Waals surface area contributed by atoms with Crippen LogP contribution in [0.2, 0.25) is 0 Å². The van der Waals surface area contributed by atoms with Gasteiger partial charge in [-0.1, -0.05) is 68.1 Å². The number of nitrogens with two attached hydrogens (primary N) is 1. The van der Waals surface area contributed by atoms with Crippen LogP contribution in [0.1, 0.15) is 54.4 Å². The molecule has 0 radical (unpaired) electrons. The number of Topliss-reactive ketones (excluding diaryl/α,β-unsaturated/α-hetero) is 1. The molecule has 0 aromatic heterocycles. The van der Waals surface area contributed by atoms with E-state index in [0.29, 0.717) is 11.1 Å². The van der Waals surface area contributed by atoms with Crippen LogP contribution in [0.5, 0.6) is 11.5 Å². The number of nitrogen functional groups attached to an aromatic ring is 1. The molecule has 5 rings (SSSR count). The number of benzene rings is 4. The van der Waals surface area contributed by atoms with Crippen LogP contribution in [0.3, 0.4) is 0 Å². The first kappa shape index (κ1) is 35.5. The van der Waals surface area contributed by atoms with E-state index < -0.39 is 36.9 Å². The molecular formula is C32H27F4NO8. The molecule has 1 aliphatic heterocycles. The third-order valence-corrected chi connectivity index (χ3v) is 5.68. The van der Waals surface area contributed by atoms with Crippen molar-refractivity contribution >= 4 is 29.4 Å². The minimum absolute atomic E-state index is 0. The number of rotatable bonds is 8. The van der Waals surface area contributed by atoms with Crippen molar-refractivity contribution in [3.05, 3.63) is 125 Å². The number of aromatic carboxylic acids is 1. The molecule has 45 heavy (non-hydrogen) atoms. The molecule has 0 aliphatic carbocycles. The number of halogens is 4. The van der Waals surface area contributed by atoms with Gasteiger partial charge in [0.2, 0.25) is 0 Å². The third kappa shape index (κ3) is 10.2. The van der Waals surface area contributed by atoms with Crippen LogP contribution in [0.25, 0.3) is 0 Å². The standard InChI is InChI=1S/C16H12F2O4.C8H4O3.C7H7F2NO.CH4/c17-16(18)22-14-8-4-1-5-10(14)9-13(19)11-6-2-3-7-12(11)15(20)21;9-7-5-3-1-2-4-6(5)8(10)11-7;8-7(9)11-6-4-2-1-3-5(6)10;/h1-8,16H,9H2,(H,20,21);1-4H;1-4,7H,10H2;1H4. The summed E-state index contributed by atoms with van der Waals surface area (Å²) in [5, 5.41) is 9.08. The zero-order chi connectivity index (χ0) is 32.2. The van der Waals surface area contributed by atoms with Crippen molar-refractivity contribution in [3.8, 4) is 11.5 Å². The van der Waals surface area contributed by atoms with E-state index in [1.54, 1.807) is 48.5 Å². The normalized spacial score (nSPS) is 11.2. The molecule has 0 saturated carbocycles. The lowest BCUT2D eigenvalue weighted by Gasteiger charge is -2.10. The molecule has 9 nitrogen and oxygen atoms in total. The fourth-order valence-electron chi connectivity index (χ4n) is 3.76. The maximum atomic E-state index is 12.3. The van der Waals surface area contributed by atoms with Crippen molar-refractivity contribution in [3.63, 3.8) is 0 Å². The molecule has 1 heterocycles. The second-order valence-corrected chi connectivity index (χ2v) is 8.58. The van der Waals surface area contributed by atoms with Gasteiger partial charge in [0.25, 0.3) is 0 Å². The van der Waals surface area contributed by atoms with Gasteiger partial charge in [0, 0.05) is 17.5 Å². The largest absolute Gasteiger partial charge is 0.478 e. The lowest BCUT2D eigenvalue weighted by Crippen LogP contribution is -2.12. The van der Waals surface area contributed by atoms with E-state index in [2.05, 4.69) is 14.2 Å². The second-order valence-electron chi connectivity index (χ2n) is 8.58. The number of carboxylic acid groups (broad SMARTS) is 1. The summed E-state index contributed by atoms with van der Waals surface area (Å²) in [5.41, 5.74) is 6.42.